The van der Waals surface area contributed by atoms with Crippen LogP contribution >= 0.6 is 24.8 Å². The van der Waals surface area contributed by atoms with Crippen LogP contribution in [0, 0.1) is 0 Å². The number of nitrogens with zero attached hydrogens (tertiary/aromatic N) is 2. The zero-order valence-electron chi connectivity index (χ0n) is 16.6. The smallest absolute Gasteiger partial charge is 0.272 e. The van der Waals surface area contributed by atoms with Crippen molar-refractivity contribution in [3.8, 4) is 0 Å². The molecule has 0 bridgehead atoms. The average Bonchev–Trinajstić information content (AvgIpc) is 3.11. The van der Waals surface area contributed by atoms with Crippen LogP contribution < -0.4 is 10.6 Å². The van der Waals surface area contributed by atoms with Crippen molar-refractivity contribution in [3.63, 3.8) is 0 Å². The SMILES string of the molecule is CC1CN(Cc2cccc(CNC(=O)c3n[nH]c4c3CNCC4)c2)CCO1.Cl.Cl. The van der Waals surface area contributed by atoms with Crippen molar-refractivity contribution < 1.29 is 9.53 Å². The van der Waals surface area contributed by atoms with Crippen LogP contribution in [0.5, 0.6) is 0 Å². The van der Waals surface area contributed by atoms with E-state index in [1.54, 1.807) is 0 Å². The summed E-state index contributed by atoms with van der Waals surface area (Å²) in [6.07, 6.45) is 1.17. The van der Waals surface area contributed by atoms with Crippen molar-refractivity contribution in [2.24, 2.45) is 0 Å². The van der Waals surface area contributed by atoms with Crippen LogP contribution in [0.1, 0.15) is 39.8 Å². The van der Waals surface area contributed by atoms with Crippen LogP contribution in [0.3, 0.4) is 0 Å². The number of morpholine rings is 1. The number of hydrogen-bond donors (Lipinski definition) is 3. The number of aromatic amines is 1. The molecule has 160 valence electrons. The van der Waals surface area contributed by atoms with Crippen molar-refractivity contribution in [1.29, 1.82) is 0 Å². The van der Waals surface area contributed by atoms with E-state index in [-0.39, 0.29) is 36.8 Å². The maximum Gasteiger partial charge on any atom is 0.272 e. The Labute approximate surface area is 183 Å². The first kappa shape index (κ1) is 23.6. The van der Waals surface area contributed by atoms with Gasteiger partial charge in [0.05, 0.1) is 12.7 Å². The summed E-state index contributed by atoms with van der Waals surface area (Å²) in [6.45, 7) is 7.85. The molecule has 9 heteroatoms. The molecule has 0 aliphatic carbocycles. The summed E-state index contributed by atoms with van der Waals surface area (Å²) in [5.74, 6) is -0.122. The molecule has 2 aliphatic heterocycles. The number of aromatic nitrogens is 2. The molecule has 0 saturated carbocycles. The standard InChI is InChI=1S/C20H27N5O2.2ClH/c1-14-12-25(7-8-27-14)13-16-4-2-3-15(9-16)10-22-20(26)19-17-11-21-6-5-18(17)23-24-19;;/h2-4,9,14,21H,5-8,10-13H2,1H3,(H,22,26)(H,23,24);2*1H. The largest absolute Gasteiger partial charge is 0.376 e. The molecule has 1 aromatic carbocycles. The first-order valence-electron chi connectivity index (χ1n) is 9.66. The second kappa shape index (κ2) is 10.9. The Morgan fingerprint density at radius 1 is 1.34 bits per heavy atom. The summed E-state index contributed by atoms with van der Waals surface area (Å²) in [5.41, 5.74) is 4.94. The van der Waals surface area contributed by atoms with Gasteiger partial charge in [0.1, 0.15) is 0 Å². The van der Waals surface area contributed by atoms with Crippen LogP contribution in [0.4, 0.5) is 0 Å². The van der Waals surface area contributed by atoms with E-state index in [0.717, 1.165) is 56.0 Å². The van der Waals surface area contributed by atoms with Gasteiger partial charge < -0.3 is 15.4 Å². The summed E-state index contributed by atoms with van der Waals surface area (Å²) in [6, 6.07) is 8.41. The Morgan fingerprint density at radius 3 is 3.00 bits per heavy atom. The minimum atomic E-state index is -0.122. The Kier molecular flexibility index (Phi) is 8.92. The van der Waals surface area contributed by atoms with Gasteiger partial charge >= 0.3 is 0 Å². The summed E-state index contributed by atoms with van der Waals surface area (Å²) in [5, 5.41) is 13.5. The Hall–Kier alpha value is -1.64. The van der Waals surface area contributed by atoms with Gasteiger partial charge in [0.25, 0.3) is 5.91 Å². The van der Waals surface area contributed by atoms with Crippen LogP contribution in [0.15, 0.2) is 24.3 Å². The van der Waals surface area contributed by atoms with Crippen molar-refractivity contribution in [1.82, 2.24) is 25.7 Å². The van der Waals surface area contributed by atoms with Crippen molar-refractivity contribution >= 4 is 30.7 Å². The molecule has 2 aromatic rings. The molecule has 1 fully saturated rings. The van der Waals surface area contributed by atoms with E-state index < -0.39 is 0 Å². The summed E-state index contributed by atoms with van der Waals surface area (Å²) < 4.78 is 5.61. The second-order valence-corrected chi connectivity index (χ2v) is 7.38. The number of carbonyl (C=O) groups excluding carboxylic acids is 1. The van der Waals surface area contributed by atoms with E-state index in [1.807, 2.05) is 6.07 Å². The molecule has 1 amide bonds. The highest BCUT2D eigenvalue weighted by Crippen LogP contribution is 2.16. The fourth-order valence-electron chi connectivity index (χ4n) is 3.81. The van der Waals surface area contributed by atoms with Gasteiger partial charge in [-0.15, -0.1) is 24.8 Å². The van der Waals surface area contributed by atoms with Crippen LogP contribution in [0.25, 0.3) is 0 Å². The summed E-state index contributed by atoms with van der Waals surface area (Å²) in [4.78, 5) is 15.0. The number of fused-ring (bicyclic) bond motifs is 1. The van der Waals surface area contributed by atoms with Crippen molar-refractivity contribution in [3.05, 3.63) is 52.3 Å². The fraction of sp³-hybridized carbons (Fsp3) is 0.500. The summed E-state index contributed by atoms with van der Waals surface area (Å²) >= 11 is 0. The van der Waals surface area contributed by atoms with Gasteiger partial charge in [-0.2, -0.15) is 5.10 Å². The number of benzene rings is 1. The minimum Gasteiger partial charge on any atom is -0.376 e. The van der Waals surface area contributed by atoms with Crippen molar-refractivity contribution in [2.75, 3.05) is 26.2 Å². The number of ether oxygens (including phenoxy) is 1. The minimum absolute atomic E-state index is 0. The molecule has 2 aliphatic rings. The maximum absolute atomic E-state index is 12.5. The van der Waals surface area contributed by atoms with Gasteiger partial charge in [0, 0.05) is 56.9 Å². The molecule has 3 N–H and O–H groups in total. The van der Waals surface area contributed by atoms with Gasteiger partial charge in [0.2, 0.25) is 0 Å². The Morgan fingerprint density at radius 2 is 2.17 bits per heavy atom. The quantitative estimate of drug-likeness (QED) is 0.661. The molecule has 1 unspecified atom stereocenters. The number of halogens is 2. The first-order valence-corrected chi connectivity index (χ1v) is 9.66. The third-order valence-corrected chi connectivity index (χ3v) is 5.20. The van der Waals surface area contributed by atoms with E-state index in [9.17, 15) is 4.79 Å². The lowest BCUT2D eigenvalue weighted by Crippen LogP contribution is -2.40. The molecule has 0 radical (unpaired) electrons. The van der Waals surface area contributed by atoms with E-state index in [1.165, 1.54) is 5.56 Å². The third-order valence-electron chi connectivity index (χ3n) is 5.20. The number of amides is 1. The lowest BCUT2D eigenvalue weighted by atomic mass is 10.1. The van der Waals surface area contributed by atoms with Crippen LogP contribution in [-0.4, -0.2) is 53.3 Å². The van der Waals surface area contributed by atoms with E-state index in [2.05, 4.69) is 50.9 Å². The number of hydrogen-bond acceptors (Lipinski definition) is 5. The number of carbonyl (C=O) groups is 1. The van der Waals surface area contributed by atoms with Crippen molar-refractivity contribution in [2.45, 2.75) is 39.1 Å². The molecule has 4 rings (SSSR count). The molecule has 1 aromatic heterocycles. The monoisotopic (exact) mass is 441 g/mol. The molecular formula is C20H29Cl2N5O2. The lowest BCUT2D eigenvalue weighted by Gasteiger charge is -2.31. The average molecular weight is 442 g/mol. The Balaban J connectivity index is 0.00000150. The number of rotatable bonds is 5. The van der Waals surface area contributed by atoms with Crippen LogP contribution in [-0.2, 0) is 30.8 Å². The molecule has 0 spiro atoms. The van der Waals surface area contributed by atoms with E-state index in [4.69, 9.17) is 4.74 Å². The zero-order valence-corrected chi connectivity index (χ0v) is 18.2. The van der Waals surface area contributed by atoms with Gasteiger partial charge in [-0.05, 0) is 18.1 Å². The lowest BCUT2D eigenvalue weighted by molar-refractivity contribution is -0.0212. The zero-order chi connectivity index (χ0) is 18.6. The van der Waals surface area contributed by atoms with Gasteiger partial charge in [-0.25, -0.2) is 0 Å². The highest BCUT2D eigenvalue weighted by Gasteiger charge is 2.21. The fourth-order valence-corrected chi connectivity index (χ4v) is 3.81. The molecule has 7 nitrogen and oxygen atoms in total. The third kappa shape index (κ3) is 5.93. The molecule has 3 heterocycles. The summed E-state index contributed by atoms with van der Waals surface area (Å²) in [7, 11) is 0. The highest BCUT2D eigenvalue weighted by atomic mass is 35.5. The maximum atomic E-state index is 12.5. The van der Waals surface area contributed by atoms with Gasteiger partial charge in [-0.1, -0.05) is 24.3 Å². The molecule has 1 saturated heterocycles. The van der Waals surface area contributed by atoms with Gasteiger partial charge in [-0.3, -0.25) is 14.8 Å². The second-order valence-electron chi connectivity index (χ2n) is 7.38. The van der Waals surface area contributed by atoms with E-state index >= 15 is 0 Å². The van der Waals surface area contributed by atoms with E-state index in [0.29, 0.717) is 18.8 Å². The molecule has 1 atom stereocenters. The number of nitrogens with one attached hydrogen (secondary N) is 3. The number of H-pyrrole nitrogens is 1. The molecule has 29 heavy (non-hydrogen) atoms. The van der Waals surface area contributed by atoms with Gasteiger partial charge in [0.15, 0.2) is 5.69 Å². The predicted molar refractivity (Wildman–Crippen MR) is 117 cm³/mol. The topological polar surface area (TPSA) is 82.3 Å². The van der Waals surface area contributed by atoms with Crippen LogP contribution in [0.2, 0.25) is 0 Å². The predicted octanol–water partition coefficient (Wildman–Crippen LogP) is 2.05. The Bertz CT molecular complexity index is 814. The molecular weight excluding hydrogens is 413 g/mol. The normalized spacial score (nSPS) is 18.9. The highest BCUT2D eigenvalue weighted by molar-refractivity contribution is 5.94. The first-order chi connectivity index (χ1) is 13.2.